The zero-order valence-corrected chi connectivity index (χ0v) is 4.73. The Morgan fingerprint density at radius 3 is 2.80 bits per heavy atom. The molecule has 0 spiro atoms. The van der Waals surface area contributed by atoms with E-state index >= 15 is 0 Å². The van der Waals surface area contributed by atoms with Gasteiger partial charge in [-0.2, -0.15) is 8.78 Å². The summed E-state index contributed by atoms with van der Waals surface area (Å²) in [5.74, 6) is -1.07. The summed E-state index contributed by atoms with van der Waals surface area (Å²) in [6, 6.07) is 0.121. The molecule has 10 heavy (non-hydrogen) atoms. The Hall–Kier alpha value is -1.32. The zero-order chi connectivity index (χ0) is 7.14. The maximum atomic E-state index is 12.4. The molecule has 2 aromatic rings. The van der Waals surface area contributed by atoms with Gasteiger partial charge in [0.15, 0.2) is 5.58 Å². The lowest BCUT2D eigenvalue weighted by atomic mass is 10.5. The molecule has 4 heteroatoms. The molecule has 0 aliphatic rings. The van der Waals surface area contributed by atoms with Gasteiger partial charge in [0.25, 0.3) is 0 Å². The Balaban J connectivity index is 2.95. The highest BCUT2D eigenvalue weighted by molar-refractivity contribution is 5.70. The monoisotopic (exact) mass is 144 g/mol. The molecule has 0 bridgehead atoms. The largest absolute Gasteiger partial charge is 0.458 e. The minimum Gasteiger partial charge on any atom is -0.458 e. The minimum atomic E-state index is -1.23. The van der Waals surface area contributed by atoms with Gasteiger partial charge in [-0.1, -0.05) is 0 Å². The fraction of sp³-hybridized carbons (Fsp3) is 0. The SMILES string of the molecule is Fc1oc2ccoc2c1F. The van der Waals surface area contributed by atoms with Crippen LogP contribution in [0.3, 0.4) is 0 Å². The van der Waals surface area contributed by atoms with E-state index in [9.17, 15) is 8.78 Å². The highest BCUT2D eigenvalue weighted by Crippen LogP contribution is 2.23. The number of hydrogen-bond acceptors (Lipinski definition) is 2. The van der Waals surface area contributed by atoms with Crippen molar-refractivity contribution < 1.29 is 17.6 Å². The van der Waals surface area contributed by atoms with E-state index in [1.807, 2.05) is 0 Å². The van der Waals surface area contributed by atoms with Crippen LogP contribution in [0.25, 0.3) is 11.2 Å². The topological polar surface area (TPSA) is 26.3 Å². The fourth-order valence-electron chi connectivity index (χ4n) is 0.768. The molecule has 0 aliphatic carbocycles. The maximum absolute atomic E-state index is 12.4. The molecular formula is C6H2F2O2. The first-order valence-corrected chi connectivity index (χ1v) is 2.60. The van der Waals surface area contributed by atoms with Crippen molar-refractivity contribution in [2.75, 3.05) is 0 Å². The Morgan fingerprint density at radius 1 is 1.30 bits per heavy atom. The van der Waals surface area contributed by atoms with E-state index in [2.05, 4.69) is 8.83 Å². The summed E-state index contributed by atoms with van der Waals surface area (Å²) in [5.41, 5.74) is -0.0764. The first kappa shape index (κ1) is 5.46. The van der Waals surface area contributed by atoms with Gasteiger partial charge in [0.1, 0.15) is 0 Å². The second kappa shape index (κ2) is 1.59. The van der Waals surface area contributed by atoms with E-state index in [-0.39, 0.29) is 11.2 Å². The average Bonchev–Trinajstić information content (AvgIpc) is 2.41. The van der Waals surface area contributed by atoms with Gasteiger partial charge in [-0.3, -0.25) is 0 Å². The van der Waals surface area contributed by atoms with Crippen LogP contribution in [-0.2, 0) is 0 Å². The molecule has 0 saturated carbocycles. The van der Waals surface area contributed by atoms with Crippen LogP contribution in [0.2, 0.25) is 0 Å². The molecule has 0 atom stereocenters. The third kappa shape index (κ3) is 0.504. The third-order valence-corrected chi connectivity index (χ3v) is 1.20. The lowest BCUT2D eigenvalue weighted by Gasteiger charge is -1.73. The van der Waals surface area contributed by atoms with Crippen LogP contribution in [-0.4, -0.2) is 0 Å². The summed E-state index contributed by atoms with van der Waals surface area (Å²) in [4.78, 5) is 0. The highest BCUT2D eigenvalue weighted by atomic mass is 19.2. The molecule has 0 aromatic carbocycles. The number of fused-ring (bicyclic) bond motifs is 1. The Morgan fingerprint density at radius 2 is 2.10 bits per heavy atom. The van der Waals surface area contributed by atoms with Crippen molar-refractivity contribution >= 4 is 11.2 Å². The second-order valence-electron chi connectivity index (χ2n) is 1.80. The summed E-state index contributed by atoms with van der Waals surface area (Å²) < 4.78 is 33.5. The van der Waals surface area contributed by atoms with Crippen molar-refractivity contribution in [1.29, 1.82) is 0 Å². The molecular weight excluding hydrogens is 142 g/mol. The molecule has 2 nitrogen and oxygen atoms in total. The van der Waals surface area contributed by atoms with E-state index in [0.717, 1.165) is 0 Å². The van der Waals surface area contributed by atoms with Crippen LogP contribution >= 0.6 is 0 Å². The Bertz CT molecular complexity index is 361. The van der Waals surface area contributed by atoms with Crippen LogP contribution in [0.15, 0.2) is 21.2 Å². The summed E-state index contributed by atoms with van der Waals surface area (Å²) in [5, 5.41) is 0. The molecule has 2 rings (SSSR count). The van der Waals surface area contributed by atoms with Gasteiger partial charge in [-0.05, 0) is 0 Å². The minimum absolute atomic E-state index is 0.0926. The molecule has 52 valence electrons. The number of furan rings is 2. The fourth-order valence-corrected chi connectivity index (χ4v) is 0.768. The van der Waals surface area contributed by atoms with Crippen molar-refractivity contribution in [2.24, 2.45) is 0 Å². The Kier molecular flexibility index (Phi) is 0.869. The van der Waals surface area contributed by atoms with Crippen LogP contribution in [0, 0.1) is 11.8 Å². The molecule has 2 heterocycles. The first-order valence-electron chi connectivity index (χ1n) is 2.60. The van der Waals surface area contributed by atoms with E-state index in [1.54, 1.807) is 0 Å². The molecule has 0 radical (unpaired) electrons. The molecule has 0 N–H and O–H groups in total. The van der Waals surface area contributed by atoms with Gasteiger partial charge in [0.05, 0.1) is 6.26 Å². The lowest BCUT2D eigenvalue weighted by Crippen LogP contribution is -1.69. The third-order valence-electron chi connectivity index (χ3n) is 1.20. The predicted octanol–water partition coefficient (Wildman–Crippen LogP) is 2.30. The van der Waals surface area contributed by atoms with Crippen LogP contribution < -0.4 is 0 Å². The smallest absolute Gasteiger partial charge is 0.318 e. The molecule has 2 aromatic heterocycles. The predicted molar refractivity (Wildman–Crippen MR) is 28.4 cm³/mol. The molecule has 0 amide bonds. The molecule has 0 aliphatic heterocycles. The van der Waals surface area contributed by atoms with Crippen molar-refractivity contribution in [3.63, 3.8) is 0 Å². The summed E-state index contributed by atoms with van der Waals surface area (Å²) in [7, 11) is 0. The molecule has 0 unspecified atom stereocenters. The van der Waals surface area contributed by atoms with Gasteiger partial charge < -0.3 is 8.83 Å². The summed E-state index contributed by atoms with van der Waals surface area (Å²) in [6.07, 6.45) is 1.23. The number of rotatable bonds is 0. The summed E-state index contributed by atoms with van der Waals surface area (Å²) >= 11 is 0. The second-order valence-corrected chi connectivity index (χ2v) is 1.80. The standard InChI is InChI=1S/C6H2F2O2/c7-4-5-3(1-2-9-5)10-6(4)8/h1-2H. The number of hydrogen-bond donors (Lipinski definition) is 0. The maximum Gasteiger partial charge on any atom is 0.318 e. The lowest BCUT2D eigenvalue weighted by molar-refractivity contribution is 0.341. The first-order chi connectivity index (χ1) is 4.79. The van der Waals surface area contributed by atoms with Crippen LogP contribution in [0.4, 0.5) is 8.78 Å². The van der Waals surface area contributed by atoms with Crippen molar-refractivity contribution in [1.82, 2.24) is 0 Å². The van der Waals surface area contributed by atoms with Gasteiger partial charge in [0, 0.05) is 6.07 Å². The van der Waals surface area contributed by atoms with Gasteiger partial charge in [-0.15, -0.1) is 0 Å². The Labute approximate surface area is 54.0 Å². The van der Waals surface area contributed by atoms with Gasteiger partial charge in [0.2, 0.25) is 11.4 Å². The van der Waals surface area contributed by atoms with Crippen LogP contribution in [0.5, 0.6) is 0 Å². The zero-order valence-electron chi connectivity index (χ0n) is 4.73. The van der Waals surface area contributed by atoms with Crippen molar-refractivity contribution in [2.45, 2.75) is 0 Å². The van der Waals surface area contributed by atoms with Crippen molar-refractivity contribution in [3.05, 3.63) is 24.2 Å². The molecule has 0 fully saturated rings. The normalized spacial score (nSPS) is 11.0. The average molecular weight is 144 g/mol. The molecule has 0 saturated heterocycles. The van der Waals surface area contributed by atoms with E-state index in [0.29, 0.717) is 0 Å². The van der Waals surface area contributed by atoms with E-state index in [1.165, 1.54) is 12.3 Å². The van der Waals surface area contributed by atoms with E-state index < -0.39 is 11.8 Å². The quantitative estimate of drug-likeness (QED) is 0.567. The van der Waals surface area contributed by atoms with Gasteiger partial charge in [-0.25, -0.2) is 0 Å². The van der Waals surface area contributed by atoms with Crippen molar-refractivity contribution in [3.8, 4) is 0 Å². The number of halogens is 2. The van der Waals surface area contributed by atoms with E-state index in [4.69, 9.17) is 0 Å². The van der Waals surface area contributed by atoms with Crippen LogP contribution in [0.1, 0.15) is 0 Å². The van der Waals surface area contributed by atoms with Gasteiger partial charge >= 0.3 is 6.01 Å². The highest BCUT2D eigenvalue weighted by Gasteiger charge is 2.15. The summed E-state index contributed by atoms with van der Waals surface area (Å²) in [6.45, 7) is 0.